The third-order valence-corrected chi connectivity index (χ3v) is 1.66. The lowest BCUT2D eigenvalue weighted by molar-refractivity contribution is -0.115. The number of anilines is 1. The summed E-state index contributed by atoms with van der Waals surface area (Å²) >= 11 is 3.14. The van der Waals surface area contributed by atoms with Crippen LogP contribution in [0.5, 0.6) is 0 Å². The van der Waals surface area contributed by atoms with Gasteiger partial charge in [-0.2, -0.15) is 5.10 Å². The van der Waals surface area contributed by atoms with Crippen LogP contribution >= 0.6 is 15.9 Å². The number of aromatic amines is 1. The zero-order valence-electron chi connectivity index (χ0n) is 6.71. The fraction of sp³-hybridized carbons (Fsp3) is 0.286. The minimum Gasteiger partial charge on any atom is -0.309 e. The first-order valence-corrected chi connectivity index (χ1v) is 4.76. The largest absolute Gasteiger partial charge is 0.309 e. The zero-order chi connectivity index (χ0) is 9.68. The molecule has 1 rings (SSSR count). The highest BCUT2D eigenvalue weighted by atomic mass is 79.9. The second kappa shape index (κ2) is 4.76. The molecule has 1 amide bonds. The number of aromatic nitrogens is 2. The Morgan fingerprint density at radius 2 is 2.38 bits per heavy atom. The molecule has 5 nitrogen and oxygen atoms in total. The van der Waals surface area contributed by atoms with Gasteiger partial charge in [0, 0.05) is 17.8 Å². The molecule has 13 heavy (non-hydrogen) atoms. The van der Waals surface area contributed by atoms with E-state index in [1.54, 1.807) is 0 Å². The van der Waals surface area contributed by atoms with E-state index in [0.717, 1.165) is 0 Å². The quantitative estimate of drug-likeness (QED) is 0.762. The molecule has 70 valence electrons. The molecule has 0 aliphatic rings. The summed E-state index contributed by atoms with van der Waals surface area (Å²) in [5.74, 6) is 0.210. The Morgan fingerprint density at radius 3 is 2.92 bits per heavy atom. The summed E-state index contributed by atoms with van der Waals surface area (Å²) in [6, 6.07) is 2.75. The van der Waals surface area contributed by atoms with Crippen molar-refractivity contribution < 1.29 is 4.79 Å². The Kier molecular flexibility index (Phi) is 3.63. The first-order chi connectivity index (χ1) is 6.22. The highest BCUT2D eigenvalue weighted by Crippen LogP contribution is 1.98. The molecule has 0 aliphatic carbocycles. The highest BCUT2D eigenvalue weighted by molar-refractivity contribution is 9.09. The van der Waals surface area contributed by atoms with Gasteiger partial charge in [0.25, 0.3) is 5.56 Å². The van der Waals surface area contributed by atoms with Crippen molar-refractivity contribution in [3.8, 4) is 0 Å². The lowest BCUT2D eigenvalue weighted by Gasteiger charge is -2.00. The van der Waals surface area contributed by atoms with Crippen LogP contribution in [0.4, 0.5) is 5.82 Å². The van der Waals surface area contributed by atoms with Crippen molar-refractivity contribution in [2.75, 3.05) is 10.6 Å². The molecule has 0 radical (unpaired) electrons. The van der Waals surface area contributed by atoms with E-state index in [9.17, 15) is 9.59 Å². The maximum absolute atomic E-state index is 11.0. The monoisotopic (exact) mass is 245 g/mol. The van der Waals surface area contributed by atoms with Gasteiger partial charge in [-0.15, -0.1) is 0 Å². The standard InChI is InChI=1S/C7H8BrN3O2/c8-4-3-6(12)9-5-1-2-7(13)11-10-5/h1-2H,3-4H2,(H,11,13)(H,9,10,12). The molecule has 0 saturated heterocycles. The molecule has 2 N–H and O–H groups in total. The van der Waals surface area contributed by atoms with E-state index >= 15 is 0 Å². The fourth-order valence-corrected chi connectivity index (χ4v) is 1.07. The van der Waals surface area contributed by atoms with E-state index < -0.39 is 0 Å². The fourth-order valence-electron chi connectivity index (χ4n) is 0.705. The van der Waals surface area contributed by atoms with Gasteiger partial charge < -0.3 is 5.32 Å². The predicted octanol–water partition coefficient (Wildman–Crippen LogP) is 0.493. The van der Waals surface area contributed by atoms with Crippen molar-refractivity contribution in [1.29, 1.82) is 0 Å². The number of nitrogens with zero attached hydrogens (tertiary/aromatic N) is 1. The Hall–Kier alpha value is -1.17. The van der Waals surface area contributed by atoms with Crippen LogP contribution in [0, 0.1) is 0 Å². The summed E-state index contributed by atoms with van der Waals surface area (Å²) in [5, 5.41) is 8.95. The van der Waals surface area contributed by atoms with Crippen LogP contribution in [0.2, 0.25) is 0 Å². The van der Waals surface area contributed by atoms with Gasteiger partial charge in [-0.05, 0) is 6.07 Å². The molecule has 0 aromatic carbocycles. The average Bonchev–Trinajstić information content (AvgIpc) is 2.09. The second-order valence-electron chi connectivity index (χ2n) is 2.29. The van der Waals surface area contributed by atoms with Crippen molar-refractivity contribution in [2.45, 2.75) is 6.42 Å². The smallest absolute Gasteiger partial charge is 0.264 e. The number of halogens is 1. The van der Waals surface area contributed by atoms with Gasteiger partial charge in [0.1, 0.15) is 0 Å². The molecule has 0 aliphatic heterocycles. The number of hydrogen-bond donors (Lipinski definition) is 2. The number of carbonyl (C=O) groups is 1. The molecular formula is C7H8BrN3O2. The third kappa shape index (κ3) is 3.37. The van der Waals surface area contributed by atoms with Crippen LogP contribution in [-0.4, -0.2) is 21.4 Å². The first kappa shape index (κ1) is 9.91. The topological polar surface area (TPSA) is 74.8 Å². The van der Waals surface area contributed by atoms with Crippen LogP contribution in [0.25, 0.3) is 0 Å². The predicted molar refractivity (Wildman–Crippen MR) is 51.9 cm³/mol. The third-order valence-electron chi connectivity index (χ3n) is 1.27. The maximum Gasteiger partial charge on any atom is 0.264 e. The van der Waals surface area contributed by atoms with Gasteiger partial charge in [-0.1, -0.05) is 15.9 Å². The van der Waals surface area contributed by atoms with E-state index in [2.05, 4.69) is 31.4 Å². The summed E-state index contributed by atoms with van der Waals surface area (Å²) in [6.07, 6.45) is 0.376. The van der Waals surface area contributed by atoms with E-state index in [1.165, 1.54) is 12.1 Å². The summed E-state index contributed by atoms with van der Waals surface area (Å²) < 4.78 is 0. The van der Waals surface area contributed by atoms with E-state index in [4.69, 9.17) is 0 Å². The maximum atomic E-state index is 11.0. The van der Waals surface area contributed by atoms with Gasteiger partial charge in [-0.25, -0.2) is 5.10 Å². The number of alkyl halides is 1. The number of H-pyrrole nitrogens is 1. The normalized spacial score (nSPS) is 9.62. The number of nitrogens with one attached hydrogen (secondary N) is 2. The second-order valence-corrected chi connectivity index (χ2v) is 3.09. The molecule has 1 aromatic rings. The lowest BCUT2D eigenvalue weighted by Crippen LogP contribution is -2.15. The SMILES string of the molecule is O=C(CCBr)Nc1ccc(=O)[nH]n1. The van der Waals surface area contributed by atoms with Crippen molar-refractivity contribution in [1.82, 2.24) is 10.2 Å². The van der Waals surface area contributed by atoms with E-state index in [0.29, 0.717) is 17.6 Å². The van der Waals surface area contributed by atoms with Crippen LogP contribution in [0.1, 0.15) is 6.42 Å². The zero-order valence-corrected chi connectivity index (χ0v) is 8.30. The average molecular weight is 246 g/mol. The van der Waals surface area contributed by atoms with Crippen LogP contribution in [0.3, 0.4) is 0 Å². The molecule has 0 spiro atoms. The van der Waals surface area contributed by atoms with Gasteiger partial charge in [0.15, 0.2) is 5.82 Å². The van der Waals surface area contributed by atoms with Crippen LogP contribution < -0.4 is 10.9 Å². The Morgan fingerprint density at radius 1 is 1.62 bits per heavy atom. The van der Waals surface area contributed by atoms with Gasteiger partial charge in [-0.3, -0.25) is 9.59 Å². The van der Waals surface area contributed by atoms with E-state index in [1.807, 2.05) is 0 Å². The Balaban J connectivity index is 2.59. The number of hydrogen-bond acceptors (Lipinski definition) is 3. The number of rotatable bonds is 3. The van der Waals surface area contributed by atoms with Gasteiger partial charge in [0.05, 0.1) is 0 Å². The Bertz CT molecular complexity index is 329. The molecule has 0 atom stereocenters. The van der Waals surface area contributed by atoms with Crippen LogP contribution in [-0.2, 0) is 4.79 Å². The van der Waals surface area contributed by atoms with Crippen molar-refractivity contribution in [2.24, 2.45) is 0 Å². The lowest BCUT2D eigenvalue weighted by atomic mass is 10.4. The molecule has 0 saturated carbocycles. The first-order valence-electron chi connectivity index (χ1n) is 3.64. The summed E-state index contributed by atoms with van der Waals surface area (Å²) in [5.41, 5.74) is -0.293. The number of amides is 1. The molecule has 1 aromatic heterocycles. The van der Waals surface area contributed by atoms with E-state index in [-0.39, 0.29) is 11.5 Å². The molecule has 1 heterocycles. The molecule has 6 heteroatoms. The minimum atomic E-state index is -0.293. The Labute approximate surface area is 82.7 Å². The van der Waals surface area contributed by atoms with Gasteiger partial charge >= 0.3 is 0 Å². The molecular weight excluding hydrogens is 238 g/mol. The summed E-state index contributed by atoms with van der Waals surface area (Å²) in [6.45, 7) is 0. The molecule has 0 unspecified atom stereocenters. The summed E-state index contributed by atoms with van der Waals surface area (Å²) in [7, 11) is 0. The van der Waals surface area contributed by atoms with Crippen molar-refractivity contribution in [3.05, 3.63) is 22.5 Å². The highest BCUT2D eigenvalue weighted by Gasteiger charge is 2.00. The number of carbonyl (C=O) groups excluding carboxylic acids is 1. The summed E-state index contributed by atoms with van der Waals surface area (Å²) in [4.78, 5) is 21.6. The molecule has 0 bridgehead atoms. The molecule has 0 fully saturated rings. The van der Waals surface area contributed by atoms with Crippen molar-refractivity contribution >= 4 is 27.7 Å². The van der Waals surface area contributed by atoms with Crippen molar-refractivity contribution in [3.63, 3.8) is 0 Å². The van der Waals surface area contributed by atoms with Crippen LogP contribution in [0.15, 0.2) is 16.9 Å². The van der Waals surface area contributed by atoms with Gasteiger partial charge in [0.2, 0.25) is 5.91 Å². The minimum absolute atomic E-state index is 0.142.